The van der Waals surface area contributed by atoms with Gasteiger partial charge >= 0.3 is 6.18 Å². The second-order valence-electron chi connectivity index (χ2n) is 5.13. The van der Waals surface area contributed by atoms with Crippen LogP contribution in [-0.2, 0) is 17.5 Å². The third-order valence-electron chi connectivity index (χ3n) is 3.54. The van der Waals surface area contributed by atoms with Gasteiger partial charge in [-0.05, 0) is 40.3 Å². The Labute approximate surface area is 148 Å². The molecule has 0 saturated carbocycles. The summed E-state index contributed by atoms with van der Waals surface area (Å²) in [4.78, 5) is 17.5. The summed E-state index contributed by atoms with van der Waals surface area (Å²) in [5.74, 6) is -1.37. The van der Waals surface area contributed by atoms with E-state index in [1.807, 2.05) is 22.6 Å². The van der Waals surface area contributed by atoms with Crippen LogP contribution in [0, 0.1) is 9.39 Å². The molecule has 9 heteroatoms. The van der Waals surface area contributed by atoms with E-state index >= 15 is 0 Å². The maximum absolute atomic E-state index is 13.7. The topological polar surface area (TPSA) is 45.2 Å². The molecule has 2 heterocycles. The number of pyridine rings is 1. The molecule has 3 rings (SSSR count). The van der Waals surface area contributed by atoms with Crippen LogP contribution in [0.4, 0.5) is 29.1 Å². The van der Waals surface area contributed by atoms with Crippen molar-refractivity contribution in [3.8, 4) is 0 Å². The average Bonchev–Trinajstić information content (AvgIpc) is 2.49. The van der Waals surface area contributed by atoms with E-state index in [0.29, 0.717) is 11.5 Å². The Bertz CT molecular complexity index is 810. The molecule has 0 unspecified atom stereocenters. The van der Waals surface area contributed by atoms with Crippen molar-refractivity contribution >= 4 is 40.0 Å². The lowest BCUT2D eigenvalue weighted by Crippen LogP contribution is -2.40. The van der Waals surface area contributed by atoms with E-state index in [1.165, 1.54) is 17.0 Å². The number of benzene rings is 1. The predicted octanol–water partition coefficient (Wildman–Crippen LogP) is 3.80. The molecule has 126 valence electrons. The molecule has 0 aliphatic carbocycles. The molecule has 1 N–H and O–H groups in total. The van der Waals surface area contributed by atoms with E-state index in [-0.39, 0.29) is 18.7 Å². The van der Waals surface area contributed by atoms with Crippen LogP contribution in [0.2, 0.25) is 0 Å². The van der Waals surface area contributed by atoms with Gasteiger partial charge in [-0.25, -0.2) is 9.37 Å². The Morgan fingerprint density at radius 3 is 2.79 bits per heavy atom. The summed E-state index contributed by atoms with van der Waals surface area (Å²) in [5.41, 5.74) is -1.28. The molecule has 0 fully saturated rings. The molecule has 0 bridgehead atoms. The number of carbonyl (C=O) groups is 1. The molecule has 0 saturated heterocycles. The van der Waals surface area contributed by atoms with Crippen LogP contribution in [0.25, 0.3) is 0 Å². The first-order valence-electron chi connectivity index (χ1n) is 6.81. The first kappa shape index (κ1) is 16.9. The molecule has 1 aromatic heterocycles. The SMILES string of the molecule is O=C1CNc2ncc(I)cc2N1Cc1cccc(F)c1C(F)(F)F. The van der Waals surface area contributed by atoms with Gasteiger partial charge in [-0.15, -0.1) is 0 Å². The number of nitrogens with zero attached hydrogens (tertiary/aromatic N) is 2. The summed E-state index contributed by atoms with van der Waals surface area (Å²) in [6, 6.07) is 4.76. The van der Waals surface area contributed by atoms with Gasteiger partial charge in [0.1, 0.15) is 5.82 Å². The summed E-state index contributed by atoms with van der Waals surface area (Å²) in [6.45, 7) is -0.473. The smallest absolute Gasteiger partial charge is 0.359 e. The van der Waals surface area contributed by atoms with Crippen molar-refractivity contribution in [2.24, 2.45) is 0 Å². The number of rotatable bonds is 2. The van der Waals surface area contributed by atoms with Crippen LogP contribution >= 0.6 is 22.6 Å². The van der Waals surface area contributed by atoms with Crippen LogP contribution < -0.4 is 10.2 Å². The van der Waals surface area contributed by atoms with Crippen LogP contribution in [0.15, 0.2) is 30.5 Å². The maximum atomic E-state index is 13.7. The highest BCUT2D eigenvalue weighted by Gasteiger charge is 2.38. The lowest BCUT2D eigenvalue weighted by molar-refractivity contribution is -0.140. The van der Waals surface area contributed by atoms with Crippen molar-refractivity contribution in [1.29, 1.82) is 0 Å². The molecule has 1 aliphatic rings. The monoisotopic (exact) mass is 451 g/mol. The Hall–Kier alpha value is -1.91. The van der Waals surface area contributed by atoms with Gasteiger partial charge in [0.25, 0.3) is 0 Å². The Kier molecular flexibility index (Phi) is 4.37. The minimum atomic E-state index is -4.84. The molecule has 1 aromatic carbocycles. The molecule has 0 spiro atoms. The highest BCUT2D eigenvalue weighted by molar-refractivity contribution is 14.1. The van der Waals surface area contributed by atoms with Crippen molar-refractivity contribution in [2.45, 2.75) is 12.7 Å². The third-order valence-corrected chi connectivity index (χ3v) is 4.13. The molecule has 24 heavy (non-hydrogen) atoms. The van der Waals surface area contributed by atoms with E-state index < -0.39 is 23.5 Å². The van der Waals surface area contributed by atoms with Crippen molar-refractivity contribution in [3.63, 3.8) is 0 Å². The number of carbonyl (C=O) groups excluding carboxylic acids is 1. The molecular weight excluding hydrogens is 441 g/mol. The van der Waals surface area contributed by atoms with Crippen LogP contribution in [0.5, 0.6) is 0 Å². The van der Waals surface area contributed by atoms with Gasteiger partial charge in [-0.1, -0.05) is 12.1 Å². The number of hydrogen-bond acceptors (Lipinski definition) is 3. The van der Waals surface area contributed by atoms with E-state index in [1.54, 1.807) is 12.3 Å². The van der Waals surface area contributed by atoms with Gasteiger partial charge in [-0.2, -0.15) is 13.2 Å². The quantitative estimate of drug-likeness (QED) is 0.559. The Morgan fingerprint density at radius 2 is 2.08 bits per heavy atom. The van der Waals surface area contributed by atoms with E-state index in [0.717, 1.165) is 9.64 Å². The van der Waals surface area contributed by atoms with Gasteiger partial charge in [0.15, 0.2) is 5.82 Å². The van der Waals surface area contributed by atoms with Crippen molar-refractivity contribution in [3.05, 3.63) is 51.0 Å². The lowest BCUT2D eigenvalue weighted by atomic mass is 10.0. The number of amides is 1. The van der Waals surface area contributed by atoms with E-state index in [2.05, 4.69) is 10.3 Å². The number of anilines is 2. The first-order chi connectivity index (χ1) is 11.3. The number of halogens is 5. The van der Waals surface area contributed by atoms with Crippen molar-refractivity contribution < 1.29 is 22.4 Å². The number of alkyl halides is 3. The molecule has 0 atom stereocenters. The van der Waals surface area contributed by atoms with Crippen LogP contribution in [0.3, 0.4) is 0 Å². The normalized spacial score (nSPS) is 14.4. The molecule has 1 amide bonds. The number of fused-ring (bicyclic) bond motifs is 1. The third kappa shape index (κ3) is 3.17. The van der Waals surface area contributed by atoms with E-state index in [9.17, 15) is 22.4 Å². The zero-order valence-corrected chi connectivity index (χ0v) is 14.2. The summed E-state index contributed by atoms with van der Waals surface area (Å²) in [7, 11) is 0. The molecule has 0 radical (unpaired) electrons. The zero-order chi connectivity index (χ0) is 17.5. The minimum Gasteiger partial charge on any atom is -0.359 e. The maximum Gasteiger partial charge on any atom is 0.419 e. The second-order valence-corrected chi connectivity index (χ2v) is 6.37. The number of hydrogen-bond donors (Lipinski definition) is 1. The first-order valence-corrected chi connectivity index (χ1v) is 7.89. The molecule has 4 nitrogen and oxygen atoms in total. The molecule has 2 aromatic rings. The van der Waals surface area contributed by atoms with Crippen molar-refractivity contribution in [1.82, 2.24) is 4.98 Å². The Morgan fingerprint density at radius 1 is 1.33 bits per heavy atom. The van der Waals surface area contributed by atoms with Crippen molar-refractivity contribution in [2.75, 3.05) is 16.8 Å². The second kappa shape index (κ2) is 6.19. The van der Waals surface area contributed by atoms with Gasteiger partial charge in [0.2, 0.25) is 5.91 Å². The largest absolute Gasteiger partial charge is 0.419 e. The zero-order valence-electron chi connectivity index (χ0n) is 12.0. The molecular formula is C15H10F4IN3O. The van der Waals surface area contributed by atoms with Gasteiger partial charge in [0.05, 0.1) is 24.3 Å². The standard InChI is InChI=1S/C15H10F4IN3O/c16-10-3-1-2-8(13(10)15(17,18)19)7-23-11-4-9(20)5-21-14(11)22-6-12(23)24/h1-5H,6-7H2,(H,21,22). The van der Waals surface area contributed by atoms with Crippen LogP contribution in [0.1, 0.15) is 11.1 Å². The fraction of sp³-hybridized carbons (Fsp3) is 0.200. The highest BCUT2D eigenvalue weighted by Crippen LogP contribution is 2.36. The van der Waals surface area contributed by atoms with Gasteiger partial charge in [-0.3, -0.25) is 4.79 Å². The van der Waals surface area contributed by atoms with Crippen LogP contribution in [-0.4, -0.2) is 17.4 Å². The molecule has 1 aliphatic heterocycles. The highest BCUT2D eigenvalue weighted by atomic mass is 127. The predicted molar refractivity (Wildman–Crippen MR) is 88.0 cm³/mol. The summed E-state index contributed by atoms with van der Waals surface area (Å²) in [6.07, 6.45) is -3.27. The summed E-state index contributed by atoms with van der Waals surface area (Å²) >= 11 is 1.99. The van der Waals surface area contributed by atoms with E-state index in [4.69, 9.17) is 0 Å². The van der Waals surface area contributed by atoms with Gasteiger partial charge in [0, 0.05) is 9.77 Å². The fourth-order valence-corrected chi connectivity index (χ4v) is 2.96. The Balaban J connectivity index is 2.05. The lowest BCUT2D eigenvalue weighted by Gasteiger charge is -2.30. The number of aromatic nitrogens is 1. The summed E-state index contributed by atoms with van der Waals surface area (Å²) < 4.78 is 53.9. The fourth-order valence-electron chi connectivity index (χ4n) is 2.52. The van der Waals surface area contributed by atoms with Gasteiger partial charge < -0.3 is 10.2 Å². The number of nitrogens with one attached hydrogen (secondary N) is 1. The summed E-state index contributed by atoms with van der Waals surface area (Å²) in [5, 5.41) is 2.81. The minimum absolute atomic E-state index is 0.0861. The average molecular weight is 451 g/mol.